The number of hydrogen-bond acceptors (Lipinski definition) is 5. The lowest BCUT2D eigenvalue weighted by Crippen LogP contribution is -2.31. The van der Waals surface area contributed by atoms with Gasteiger partial charge in [-0.15, -0.1) is 0 Å². The molecule has 0 bridgehead atoms. The van der Waals surface area contributed by atoms with Crippen molar-refractivity contribution in [3.63, 3.8) is 0 Å². The van der Waals surface area contributed by atoms with Crippen LogP contribution in [-0.2, 0) is 14.8 Å². The second-order valence-electron chi connectivity index (χ2n) is 2.74. The van der Waals surface area contributed by atoms with Gasteiger partial charge in [0.2, 0.25) is 10.0 Å². The van der Waals surface area contributed by atoms with Gasteiger partial charge in [-0.1, -0.05) is 0 Å². The summed E-state index contributed by atoms with van der Waals surface area (Å²) < 4.78 is 24.2. The number of carboxylic acids is 1. The number of aliphatic hydroxyl groups is 1. The first-order valence-electron chi connectivity index (χ1n) is 4.35. The zero-order valence-corrected chi connectivity index (χ0v) is 9.81. The van der Waals surface area contributed by atoms with E-state index in [1.807, 2.05) is 0 Å². The molecule has 8 heteroatoms. The first-order valence-corrected chi connectivity index (χ1v) is 7.16. The fourth-order valence-electron chi connectivity index (χ4n) is 0.752. The molecule has 0 aliphatic rings. The van der Waals surface area contributed by atoms with E-state index in [0.717, 1.165) is 5.75 Å². The Bertz CT molecular complexity index is 277. The molecule has 0 amide bonds. The lowest BCUT2D eigenvalue weighted by Gasteiger charge is -2.03. The topological polar surface area (TPSA) is 104 Å². The largest absolute Gasteiger partial charge is 0.480 e. The highest BCUT2D eigenvalue weighted by atomic mass is 32.2. The molecular weight excluding hydrogens is 242 g/mol. The van der Waals surface area contributed by atoms with Gasteiger partial charge in [0.15, 0.2) is 5.75 Å². The second kappa shape index (κ2) is 7.91. The summed E-state index contributed by atoms with van der Waals surface area (Å²) in [6.07, 6.45) is 0.673. The number of thioether (sulfide) groups is 1. The SMILES string of the molecule is O=C(O)CS(=O)(=O)NCCSCCCO. The van der Waals surface area contributed by atoms with E-state index in [4.69, 9.17) is 10.2 Å². The molecule has 0 rings (SSSR count). The van der Waals surface area contributed by atoms with E-state index in [2.05, 4.69) is 4.72 Å². The van der Waals surface area contributed by atoms with E-state index >= 15 is 0 Å². The minimum atomic E-state index is -3.69. The number of hydrogen-bond donors (Lipinski definition) is 3. The number of aliphatic hydroxyl groups excluding tert-OH is 1. The molecule has 0 aromatic carbocycles. The molecule has 0 aromatic rings. The molecule has 3 N–H and O–H groups in total. The number of aliphatic carboxylic acids is 1. The smallest absolute Gasteiger partial charge is 0.320 e. The van der Waals surface area contributed by atoms with Crippen LogP contribution in [0.3, 0.4) is 0 Å². The molecule has 0 saturated carbocycles. The third kappa shape index (κ3) is 9.98. The summed E-state index contributed by atoms with van der Waals surface area (Å²) in [4.78, 5) is 10.1. The maximum absolute atomic E-state index is 11.0. The molecule has 0 fully saturated rings. The van der Waals surface area contributed by atoms with Crippen LogP contribution in [0.25, 0.3) is 0 Å². The summed E-state index contributed by atoms with van der Waals surface area (Å²) >= 11 is 1.50. The van der Waals surface area contributed by atoms with Crippen molar-refractivity contribution < 1.29 is 23.4 Å². The Kier molecular flexibility index (Phi) is 7.75. The van der Waals surface area contributed by atoms with Gasteiger partial charge in [-0.3, -0.25) is 4.79 Å². The summed E-state index contributed by atoms with van der Waals surface area (Å²) in [5, 5.41) is 16.7. The Morgan fingerprint density at radius 1 is 1.33 bits per heavy atom. The number of nitrogens with one attached hydrogen (secondary N) is 1. The number of carboxylic acid groups (broad SMARTS) is 1. The molecule has 0 saturated heterocycles. The molecule has 15 heavy (non-hydrogen) atoms. The Morgan fingerprint density at radius 2 is 2.00 bits per heavy atom. The summed E-state index contributed by atoms with van der Waals surface area (Å²) in [6, 6.07) is 0. The van der Waals surface area contributed by atoms with Gasteiger partial charge < -0.3 is 10.2 Å². The minimum Gasteiger partial charge on any atom is -0.480 e. The van der Waals surface area contributed by atoms with Crippen molar-refractivity contribution in [2.24, 2.45) is 0 Å². The molecule has 0 aliphatic heterocycles. The third-order valence-corrected chi connectivity index (χ3v) is 3.67. The predicted molar refractivity (Wildman–Crippen MR) is 58.5 cm³/mol. The van der Waals surface area contributed by atoms with Crippen molar-refractivity contribution in [1.82, 2.24) is 4.72 Å². The quantitative estimate of drug-likeness (QED) is 0.463. The average Bonchev–Trinajstić information content (AvgIpc) is 2.08. The monoisotopic (exact) mass is 257 g/mol. The first-order chi connectivity index (χ1) is 6.98. The number of rotatable bonds is 9. The molecule has 0 radical (unpaired) electrons. The lowest BCUT2D eigenvalue weighted by atomic mass is 10.5. The zero-order valence-electron chi connectivity index (χ0n) is 8.18. The lowest BCUT2D eigenvalue weighted by molar-refractivity contribution is -0.134. The van der Waals surface area contributed by atoms with Crippen LogP contribution >= 0.6 is 11.8 Å². The Labute approximate surface area is 93.1 Å². The van der Waals surface area contributed by atoms with Crippen LogP contribution in [0.1, 0.15) is 6.42 Å². The van der Waals surface area contributed by atoms with Gasteiger partial charge in [0.05, 0.1) is 0 Å². The summed E-state index contributed by atoms with van der Waals surface area (Å²) in [6.45, 7) is 0.337. The van der Waals surface area contributed by atoms with Gasteiger partial charge in [0.1, 0.15) is 0 Å². The third-order valence-electron chi connectivity index (χ3n) is 1.33. The van der Waals surface area contributed by atoms with Crippen molar-refractivity contribution >= 4 is 27.8 Å². The van der Waals surface area contributed by atoms with Crippen molar-refractivity contribution in [2.45, 2.75) is 6.42 Å². The van der Waals surface area contributed by atoms with Crippen molar-refractivity contribution in [1.29, 1.82) is 0 Å². The van der Waals surface area contributed by atoms with Gasteiger partial charge in [0, 0.05) is 18.9 Å². The van der Waals surface area contributed by atoms with E-state index < -0.39 is 21.7 Å². The first kappa shape index (κ1) is 14.7. The van der Waals surface area contributed by atoms with E-state index in [1.165, 1.54) is 11.8 Å². The van der Waals surface area contributed by atoms with Gasteiger partial charge in [-0.25, -0.2) is 13.1 Å². The van der Waals surface area contributed by atoms with Crippen LogP contribution in [-0.4, -0.2) is 55.0 Å². The van der Waals surface area contributed by atoms with Gasteiger partial charge >= 0.3 is 5.97 Å². The molecule has 0 unspecified atom stereocenters. The number of carbonyl (C=O) groups is 1. The minimum absolute atomic E-state index is 0.123. The summed E-state index contributed by atoms with van der Waals surface area (Å²) in [7, 11) is -3.69. The molecule has 0 heterocycles. The Balaban J connectivity index is 3.54. The van der Waals surface area contributed by atoms with E-state index in [9.17, 15) is 13.2 Å². The highest BCUT2D eigenvalue weighted by Gasteiger charge is 2.13. The van der Waals surface area contributed by atoms with Crippen LogP contribution < -0.4 is 4.72 Å². The molecule has 0 atom stereocenters. The van der Waals surface area contributed by atoms with Crippen molar-refractivity contribution in [3.05, 3.63) is 0 Å². The van der Waals surface area contributed by atoms with Crippen molar-refractivity contribution in [2.75, 3.05) is 30.4 Å². The van der Waals surface area contributed by atoms with Crippen LogP contribution in [0.15, 0.2) is 0 Å². The summed E-state index contributed by atoms with van der Waals surface area (Å²) in [5.41, 5.74) is 0. The molecule has 0 spiro atoms. The normalized spacial score (nSPS) is 11.5. The fourth-order valence-corrected chi connectivity index (χ4v) is 2.50. The van der Waals surface area contributed by atoms with E-state index in [0.29, 0.717) is 12.2 Å². The van der Waals surface area contributed by atoms with Crippen LogP contribution in [0.4, 0.5) is 0 Å². The van der Waals surface area contributed by atoms with Crippen LogP contribution in [0.5, 0.6) is 0 Å². The second-order valence-corrected chi connectivity index (χ2v) is 5.77. The van der Waals surface area contributed by atoms with E-state index in [1.54, 1.807) is 0 Å². The average molecular weight is 257 g/mol. The maximum atomic E-state index is 11.0. The summed E-state index contributed by atoms with van der Waals surface area (Å²) in [5.74, 6) is -0.931. The molecule has 0 aliphatic carbocycles. The van der Waals surface area contributed by atoms with Gasteiger partial charge in [-0.05, 0) is 12.2 Å². The molecule has 6 nitrogen and oxygen atoms in total. The fraction of sp³-hybridized carbons (Fsp3) is 0.857. The standard InChI is InChI=1S/C7H15NO5S2/c9-3-1-4-14-5-2-8-15(12,13)6-7(10)11/h8-9H,1-6H2,(H,10,11). The molecule has 0 aromatic heterocycles. The molecule has 90 valence electrons. The highest BCUT2D eigenvalue weighted by Crippen LogP contribution is 2.00. The van der Waals surface area contributed by atoms with Crippen molar-refractivity contribution in [3.8, 4) is 0 Å². The number of sulfonamides is 1. The van der Waals surface area contributed by atoms with E-state index in [-0.39, 0.29) is 13.2 Å². The Morgan fingerprint density at radius 3 is 2.53 bits per heavy atom. The van der Waals surface area contributed by atoms with Gasteiger partial charge in [0.25, 0.3) is 0 Å². The predicted octanol–water partition coefficient (Wildman–Crippen LogP) is -0.894. The Hall–Kier alpha value is -0.310. The van der Waals surface area contributed by atoms with Gasteiger partial charge in [-0.2, -0.15) is 11.8 Å². The highest BCUT2D eigenvalue weighted by molar-refractivity contribution is 7.99. The maximum Gasteiger partial charge on any atom is 0.320 e. The molecular formula is C7H15NO5S2. The van der Waals surface area contributed by atoms with Crippen LogP contribution in [0, 0.1) is 0 Å². The van der Waals surface area contributed by atoms with Crippen LogP contribution in [0.2, 0.25) is 0 Å². The zero-order chi connectivity index (χ0) is 11.7.